The van der Waals surface area contributed by atoms with Crippen LogP contribution in [0.1, 0.15) is 27.2 Å². The first-order valence-corrected chi connectivity index (χ1v) is 11.0. The normalized spacial score (nSPS) is 19.2. The number of rotatable bonds is 8. The van der Waals surface area contributed by atoms with E-state index in [2.05, 4.69) is 50.2 Å². The van der Waals surface area contributed by atoms with Gasteiger partial charge in [0.2, 0.25) is 0 Å². The second-order valence-electron chi connectivity index (χ2n) is 7.21. The molecule has 1 aliphatic rings. The summed E-state index contributed by atoms with van der Waals surface area (Å²) < 4.78 is 6.11. The lowest BCUT2D eigenvalue weighted by molar-refractivity contribution is 0.291. The van der Waals surface area contributed by atoms with Crippen LogP contribution in [0.5, 0.6) is 0 Å². The van der Waals surface area contributed by atoms with Crippen LogP contribution in [0.2, 0.25) is 18.1 Å². The fourth-order valence-electron chi connectivity index (χ4n) is 1.83. The maximum absolute atomic E-state index is 6.11. The van der Waals surface area contributed by atoms with E-state index >= 15 is 0 Å². The molecule has 5 heteroatoms. The molecule has 22 heavy (non-hydrogen) atoms. The van der Waals surface area contributed by atoms with Crippen molar-refractivity contribution in [2.45, 2.75) is 51.5 Å². The van der Waals surface area contributed by atoms with Crippen LogP contribution < -0.4 is 11.1 Å². The fourth-order valence-corrected chi connectivity index (χ4v) is 2.87. The molecule has 1 rings (SSSR count). The zero-order valence-electron chi connectivity index (χ0n) is 14.8. The Balaban J connectivity index is 2.10. The maximum Gasteiger partial charge on any atom is 0.192 e. The van der Waals surface area contributed by atoms with Crippen LogP contribution in [0.3, 0.4) is 0 Å². The highest BCUT2D eigenvalue weighted by Crippen LogP contribution is 2.36. The molecule has 3 N–H and O–H groups in total. The van der Waals surface area contributed by atoms with Crippen LogP contribution in [0.15, 0.2) is 36.7 Å². The van der Waals surface area contributed by atoms with Gasteiger partial charge in [0.1, 0.15) is 0 Å². The van der Waals surface area contributed by atoms with Gasteiger partial charge in [0.25, 0.3) is 0 Å². The lowest BCUT2D eigenvalue weighted by atomic mass is 10.2. The predicted octanol–water partition coefficient (Wildman–Crippen LogP) is 3.17. The van der Waals surface area contributed by atoms with Crippen LogP contribution in [-0.4, -0.2) is 39.1 Å². The van der Waals surface area contributed by atoms with Gasteiger partial charge in [-0.2, -0.15) is 0 Å². The smallest absolute Gasteiger partial charge is 0.192 e. The van der Waals surface area contributed by atoms with E-state index < -0.39 is 8.32 Å². The molecule has 0 saturated heterocycles. The highest BCUT2D eigenvalue weighted by atomic mass is 28.4. The summed E-state index contributed by atoms with van der Waals surface area (Å²) in [7, 11) is -1.61. The number of nitrogens with one attached hydrogen (secondary N) is 1. The molecule has 1 unspecified atom stereocenters. The van der Waals surface area contributed by atoms with Crippen LogP contribution >= 0.6 is 0 Å². The highest BCUT2D eigenvalue weighted by molar-refractivity contribution is 6.74. The van der Waals surface area contributed by atoms with E-state index in [1.807, 2.05) is 30.6 Å². The van der Waals surface area contributed by atoms with E-state index in [0.29, 0.717) is 0 Å². The third-order valence-corrected chi connectivity index (χ3v) is 8.92. The summed E-state index contributed by atoms with van der Waals surface area (Å²) in [6.45, 7) is 13.9. The molecular weight excluding hydrogens is 290 g/mol. The minimum absolute atomic E-state index is 0.00403. The van der Waals surface area contributed by atoms with Gasteiger partial charge in [-0.15, -0.1) is 0 Å². The average molecular weight is 324 g/mol. The highest BCUT2D eigenvalue weighted by Gasteiger charge is 2.36. The molecule has 0 radical (unpaired) electrons. The van der Waals surface area contributed by atoms with Crippen molar-refractivity contribution >= 4 is 8.32 Å². The topological polar surface area (TPSA) is 50.5 Å². The Morgan fingerprint density at radius 1 is 1.32 bits per heavy atom. The third-order valence-electron chi connectivity index (χ3n) is 4.39. The predicted molar refractivity (Wildman–Crippen MR) is 97.9 cm³/mol. The van der Waals surface area contributed by atoms with Gasteiger partial charge in [0, 0.05) is 19.3 Å². The molecule has 1 atom stereocenters. The molecule has 126 valence electrons. The van der Waals surface area contributed by atoms with Crippen molar-refractivity contribution in [3.63, 3.8) is 0 Å². The second-order valence-corrected chi connectivity index (χ2v) is 12.0. The lowest BCUT2D eigenvalue weighted by Crippen LogP contribution is -2.42. The van der Waals surface area contributed by atoms with E-state index in [-0.39, 0.29) is 11.2 Å². The van der Waals surface area contributed by atoms with Gasteiger partial charge in [-0.1, -0.05) is 32.9 Å². The molecule has 4 nitrogen and oxygen atoms in total. The number of nitrogens with two attached hydrogens (primary N) is 1. The molecule has 0 saturated carbocycles. The molecule has 1 heterocycles. The van der Waals surface area contributed by atoms with E-state index in [0.717, 1.165) is 26.1 Å². The first-order chi connectivity index (χ1) is 10.2. The van der Waals surface area contributed by atoms with Crippen molar-refractivity contribution in [1.82, 2.24) is 10.2 Å². The maximum atomic E-state index is 6.11. The first-order valence-electron chi connectivity index (χ1n) is 8.13. The molecular formula is C17H33N3OSi. The van der Waals surface area contributed by atoms with Gasteiger partial charge in [-0.05, 0) is 42.9 Å². The van der Waals surface area contributed by atoms with Gasteiger partial charge in [0.15, 0.2) is 8.32 Å². The van der Waals surface area contributed by atoms with Gasteiger partial charge >= 0.3 is 0 Å². The molecule has 0 aromatic carbocycles. The molecule has 0 aliphatic carbocycles. The van der Waals surface area contributed by atoms with Crippen LogP contribution in [-0.2, 0) is 4.43 Å². The Hall–Kier alpha value is -1.04. The second kappa shape index (κ2) is 8.55. The summed E-state index contributed by atoms with van der Waals surface area (Å²) in [6, 6.07) is 0. The van der Waals surface area contributed by atoms with Gasteiger partial charge in [-0.3, -0.25) is 0 Å². The summed E-state index contributed by atoms with van der Waals surface area (Å²) in [6.07, 6.45) is 13.2. The summed E-state index contributed by atoms with van der Waals surface area (Å²) in [5.74, 6) is 0. The van der Waals surface area contributed by atoms with E-state index in [1.54, 1.807) is 0 Å². The first kappa shape index (κ1) is 19.0. The number of nitrogens with zero attached hydrogens (tertiary/aromatic N) is 1. The molecule has 0 aromatic rings. The average Bonchev–Trinajstić information content (AvgIpc) is 2.42. The molecule has 0 fully saturated rings. The third kappa shape index (κ3) is 6.38. The minimum Gasteiger partial charge on any atom is -0.415 e. The quantitative estimate of drug-likeness (QED) is 0.532. The fraction of sp³-hybridized carbons (Fsp3) is 0.647. The Kier molecular flexibility index (Phi) is 7.39. The van der Waals surface area contributed by atoms with Gasteiger partial charge < -0.3 is 20.4 Å². The zero-order valence-corrected chi connectivity index (χ0v) is 15.8. The Labute approximate surface area is 137 Å². The largest absolute Gasteiger partial charge is 0.415 e. The number of hydrogen-bond donors (Lipinski definition) is 2. The van der Waals surface area contributed by atoms with Crippen molar-refractivity contribution in [1.29, 1.82) is 0 Å². The summed E-state index contributed by atoms with van der Waals surface area (Å²) >= 11 is 0. The van der Waals surface area contributed by atoms with Gasteiger partial charge in [0.05, 0.1) is 12.8 Å². The lowest BCUT2D eigenvalue weighted by Gasteiger charge is -2.36. The Bertz CT molecular complexity index is 411. The van der Waals surface area contributed by atoms with Gasteiger partial charge in [-0.25, -0.2) is 0 Å². The Morgan fingerprint density at radius 3 is 2.68 bits per heavy atom. The number of allylic oxidation sites excluding steroid dienone is 2. The number of hydrogen-bond acceptors (Lipinski definition) is 4. The van der Waals surface area contributed by atoms with Crippen molar-refractivity contribution in [2.24, 2.45) is 5.73 Å². The van der Waals surface area contributed by atoms with Crippen LogP contribution in [0, 0.1) is 0 Å². The van der Waals surface area contributed by atoms with E-state index in [9.17, 15) is 0 Å². The van der Waals surface area contributed by atoms with Crippen molar-refractivity contribution in [3.8, 4) is 0 Å². The molecule has 0 aromatic heterocycles. The van der Waals surface area contributed by atoms with Crippen LogP contribution in [0.4, 0.5) is 0 Å². The monoisotopic (exact) mass is 323 g/mol. The molecule has 0 amide bonds. The minimum atomic E-state index is -1.61. The zero-order chi connectivity index (χ0) is 16.6. The Morgan fingerprint density at radius 2 is 2.05 bits per heavy atom. The molecule has 1 aliphatic heterocycles. The SMILES string of the molecule is CC(C)(C)[Si](C)(C)OCCNC=CCCN1C=CC=CC1N. The van der Waals surface area contributed by atoms with Crippen LogP contribution in [0.25, 0.3) is 0 Å². The summed E-state index contributed by atoms with van der Waals surface area (Å²) in [5.41, 5.74) is 5.97. The summed E-state index contributed by atoms with van der Waals surface area (Å²) in [4.78, 5) is 2.13. The molecule has 0 bridgehead atoms. The van der Waals surface area contributed by atoms with E-state index in [1.165, 1.54) is 0 Å². The van der Waals surface area contributed by atoms with Crippen molar-refractivity contribution in [3.05, 3.63) is 36.7 Å². The summed E-state index contributed by atoms with van der Waals surface area (Å²) in [5, 5.41) is 3.57. The van der Waals surface area contributed by atoms with Crippen molar-refractivity contribution < 1.29 is 4.43 Å². The van der Waals surface area contributed by atoms with E-state index in [4.69, 9.17) is 10.2 Å². The standard InChI is InChI=1S/C17H33N3OSi/c1-17(2,3)22(4,5)21-15-12-19-11-7-9-14-20-13-8-6-10-16(20)18/h6-8,10-11,13,16,19H,9,12,14-15,18H2,1-5H3. The van der Waals surface area contributed by atoms with Crippen molar-refractivity contribution in [2.75, 3.05) is 19.7 Å². The molecule has 0 spiro atoms.